The fourth-order valence-corrected chi connectivity index (χ4v) is 2.55. The summed E-state index contributed by atoms with van der Waals surface area (Å²) < 4.78 is 0. The molecule has 0 unspecified atom stereocenters. The molecule has 27 heavy (non-hydrogen) atoms. The van der Waals surface area contributed by atoms with Crippen LogP contribution in [0.3, 0.4) is 0 Å². The van der Waals surface area contributed by atoms with Gasteiger partial charge in [-0.05, 0) is 32.3 Å². The van der Waals surface area contributed by atoms with Gasteiger partial charge in [-0.2, -0.15) is 10.2 Å². The summed E-state index contributed by atoms with van der Waals surface area (Å²) in [4.78, 5) is 11.3. The van der Waals surface area contributed by atoms with Gasteiger partial charge >= 0.3 is 0 Å². The van der Waals surface area contributed by atoms with E-state index in [-0.39, 0.29) is 0 Å². The molecule has 3 rings (SSSR count). The average molecular weight is 358 g/mol. The predicted molar refractivity (Wildman–Crippen MR) is 109 cm³/mol. The molecule has 6 heteroatoms. The Morgan fingerprint density at radius 3 is 2.56 bits per heavy atom. The van der Waals surface area contributed by atoms with Crippen LogP contribution in [0.5, 0.6) is 0 Å². The third-order valence-corrected chi connectivity index (χ3v) is 3.90. The van der Waals surface area contributed by atoms with Crippen LogP contribution in [0.15, 0.2) is 60.7 Å². The van der Waals surface area contributed by atoms with Crippen molar-refractivity contribution in [1.82, 2.24) is 14.9 Å². The molecule has 1 aromatic heterocycles. The maximum atomic E-state index is 9.09. The average Bonchev–Trinajstić information content (AvgIpc) is 2.68. The van der Waals surface area contributed by atoms with Gasteiger partial charge in [0.05, 0.1) is 17.3 Å². The van der Waals surface area contributed by atoms with Crippen LogP contribution in [0.2, 0.25) is 0 Å². The van der Waals surface area contributed by atoms with E-state index in [0.717, 1.165) is 30.0 Å². The zero-order valence-corrected chi connectivity index (χ0v) is 15.5. The van der Waals surface area contributed by atoms with Crippen LogP contribution in [0.25, 0.3) is 11.3 Å². The van der Waals surface area contributed by atoms with Gasteiger partial charge in [-0.3, -0.25) is 0 Å². The molecule has 0 aliphatic carbocycles. The van der Waals surface area contributed by atoms with E-state index in [9.17, 15) is 0 Å². The number of aromatic nitrogens is 2. The van der Waals surface area contributed by atoms with Gasteiger partial charge in [-0.1, -0.05) is 36.4 Å². The first-order valence-electron chi connectivity index (χ1n) is 8.74. The summed E-state index contributed by atoms with van der Waals surface area (Å²) in [7, 11) is 4.05. The van der Waals surface area contributed by atoms with Crippen molar-refractivity contribution in [3.8, 4) is 17.3 Å². The fourth-order valence-electron chi connectivity index (χ4n) is 2.55. The molecule has 1 heterocycles. The van der Waals surface area contributed by atoms with Gasteiger partial charge in [0.2, 0.25) is 5.95 Å². The quantitative estimate of drug-likeness (QED) is 0.670. The molecule has 6 nitrogen and oxygen atoms in total. The SMILES string of the molecule is CN(C)CCNc1nc(Nc2cccc(C#N)c2)cc(-c2ccccc2)n1. The van der Waals surface area contributed by atoms with Crippen molar-refractivity contribution in [3.05, 3.63) is 66.2 Å². The van der Waals surface area contributed by atoms with Crippen molar-refractivity contribution >= 4 is 17.5 Å². The van der Waals surface area contributed by atoms with Gasteiger partial charge in [0.25, 0.3) is 0 Å². The van der Waals surface area contributed by atoms with Crippen molar-refractivity contribution in [2.24, 2.45) is 0 Å². The Bertz CT molecular complexity index is 931. The molecule has 0 saturated carbocycles. The van der Waals surface area contributed by atoms with Crippen molar-refractivity contribution in [2.45, 2.75) is 0 Å². The van der Waals surface area contributed by atoms with E-state index in [4.69, 9.17) is 5.26 Å². The number of hydrogen-bond acceptors (Lipinski definition) is 6. The number of nitrogens with zero attached hydrogens (tertiary/aromatic N) is 4. The van der Waals surface area contributed by atoms with Crippen molar-refractivity contribution < 1.29 is 0 Å². The van der Waals surface area contributed by atoms with E-state index in [2.05, 4.69) is 31.6 Å². The number of anilines is 3. The zero-order chi connectivity index (χ0) is 19.1. The van der Waals surface area contributed by atoms with E-state index < -0.39 is 0 Å². The number of nitriles is 1. The molecule has 0 amide bonds. The molecule has 2 aromatic carbocycles. The van der Waals surface area contributed by atoms with Gasteiger partial charge < -0.3 is 15.5 Å². The minimum atomic E-state index is 0.567. The van der Waals surface area contributed by atoms with Crippen LogP contribution in [0.4, 0.5) is 17.5 Å². The monoisotopic (exact) mass is 358 g/mol. The van der Waals surface area contributed by atoms with Gasteiger partial charge in [0, 0.05) is 30.4 Å². The van der Waals surface area contributed by atoms with E-state index in [1.165, 1.54) is 0 Å². The molecular formula is C21H22N6. The first-order chi connectivity index (χ1) is 13.1. The van der Waals surface area contributed by atoms with Crippen molar-refractivity contribution in [1.29, 1.82) is 5.26 Å². The molecule has 0 aliphatic heterocycles. The maximum absolute atomic E-state index is 9.09. The Hall–Kier alpha value is -3.43. The first kappa shape index (κ1) is 18.4. The molecular weight excluding hydrogens is 336 g/mol. The molecule has 0 bridgehead atoms. The standard InChI is InChI=1S/C21H22N6/c1-27(2)12-11-23-21-25-19(17-8-4-3-5-9-17)14-20(26-21)24-18-10-6-7-16(13-18)15-22/h3-10,13-14H,11-12H2,1-2H3,(H2,23,24,25,26). The number of hydrogen-bond donors (Lipinski definition) is 2. The summed E-state index contributed by atoms with van der Waals surface area (Å²) in [6.07, 6.45) is 0. The van der Waals surface area contributed by atoms with Crippen molar-refractivity contribution in [3.63, 3.8) is 0 Å². The van der Waals surface area contributed by atoms with Crippen molar-refractivity contribution in [2.75, 3.05) is 37.8 Å². The predicted octanol–water partition coefficient (Wildman–Crippen LogP) is 3.73. The molecule has 136 valence electrons. The number of benzene rings is 2. The van der Waals surface area contributed by atoms with Gasteiger partial charge in [0.15, 0.2) is 0 Å². The molecule has 0 spiro atoms. The van der Waals surface area contributed by atoms with Gasteiger partial charge in [0.1, 0.15) is 5.82 Å². The highest BCUT2D eigenvalue weighted by atomic mass is 15.2. The van der Waals surface area contributed by atoms with Crippen LogP contribution in [0, 0.1) is 11.3 Å². The van der Waals surface area contributed by atoms with E-state index in [1.807, 2.05) is 62.6 Å². The summed E-state index contributed by atoms with van der Waals surface area (Å²) >= 11 is 0. The summed E-state index contributed by atoms with van der Waals surface area (Å²) in [5, 5.41) is 15.6. The molecule has 0 fully saturated rings. The van der Waals surface area contributed by atoms with E-state index in [0.29, 0.717) is 17.3 Å². The molecule has 0 aliphatic rings. The number of likely N-dealkylation sites (N-methyl/N-ethyl adjacent to an activating group) is 1. The second-order valence-corrected chi connectivity index (χ2v) is 6.38. The molecule has 2 N–H and O–H groups in total. The first-order valence-corrected chi connectivity index (χ1v) is 8.74. The summed E-state index contributed by atoms with van der Waals surface area (Å²) in [5.41, 5.74) is 3.26. The lowest BCUT2D eigenvalue weighted by Crippen LogP contribution is -2.21. The molecule has 0 saturated heterocycles. The van der Waals surface area contributed by atoms with Crippen LogP contribution in [0.1, 0.15) is 5.56 Å². The summed E-state index contributed by atoms with van der Waals surface area (Å²) in [6, 6.07) is 21.4. The Morgan fingerprint density at radius 2 is 1.81 bits per heavy atom. The van der Waals surface area contributed by atoms with Gasteiger partial charge in [-0.25, -0.2) is 4.98 Å². The lowest BCUT2D eigenvalue weighted by Gasteiger charge is -2.13. The highest BCUT2D eigenvalue weighted by Crippen LogP contribution is 2.23. The Morgan fingerprint density at radius 1 is 1.00 bits per heavy atom. The van der Waals surface area contributed by atoms with E-state index >= 15 is 0 Å². The minimum absolute atomic E-state index is 0.567. The summed E-state index contributed by atoms with van der Waals surface area (Å²) in [5.74, 6) is 1.24. The van der Waals surface area contributed by atoms with Crippen LogP contribution in [-0.4, -0.2) is 42.1 Å². The van der Waals surface area contributed by atoms with Crippen LogP contribution in [-0.2, 0) is 0 Å². The third kappa shape index (κ3) is 5.27. The van der Waals surface area contributed by atoms with Crippen LogP contribution < -0.4 is 10.6 Å². The second-order valence-electron chi connectivity index (χ2n) is 6.38. The molecule has 3 aromatic rings. The normalized spacial score (nSPS) is 10.4. The number of nitrogens with one attached hydrogen (secondary N) is 2. The van der Waals surface area contributed by atoms with E-state index in [1.54, 1.807) is 12.1 Å². The highest BCUT2D eigenvalue weighted by Gasteiger charge is 2.08. The van der Waals surface area contributed by atoms with Crippen LogP contribution >= 0.6 is 0 Å². The Kier molecular flexibility index (Phi) is 5.98. The summed E-state index contributed by atoms with van der Waals surface area (Å²) in [6.45, 7) is 1.63. The van der Waals surface area contributed by atoms with Gasteiger partial charge in [-0.15, -0.1) is 0 Å². The molecule has 0 atom stereocenters. The number of rotatable bonds is 7. The second kappa shape index (κ2) is 8.79. The molecule has 0 radical (unpaired) electrons. The Balaban J connectivity index is 1.90. The lowest BCUT2D eigenvalue weighted by molar-refractivity contribution is 0.425. The zero-order valence-electron chi connectivity index (χ0n) is 15.5. The lowest BCUT2D eigenvalue weighted by atomic mass is 10.1. The Labute approximate surface area is 159 Å². The largest absolute Gasteiger partial charge is 0.353 e. The maximum Gasteiger partial charge on any atom is 0.225 e. The fraction of sp³-hybridized carbons (Fsp3) is 0.190. The highest BCUT2D eigenvalue weighted by molar-refractivity contribution is 5.67. The smallest absolute Gasteiger partial charge is 0.225 e. The third-order valence-electron chi connectivity index (χ3n) is 3.90. The topological polar surface area (TPSA) is 76.9 Å². The minimum Gasteiger partial charge on any atom is -0.353 e.